The third-order valence-electron chi connectivity index (χ3n) is 3.56. The number of halogens is 1. The number of benzene rings is 2. The predicted molar refractivity (Wildman–Crippen MR) is 90.4 cm³/mol. The van der Waals surface area contributed by atoms with Gasteiger partial charge in [0, 0.05) is 17.2 Å². The smallest absolute Gasteiger partial charge is 0.251 e. The minimum absolute atomic E-state index is 0.0173. The molecule has 0 aliphatic heterocycles. The van der Waals surface area contributed by atoms with E-state index in [1.54, 1.807) is 32.4 Å². The van der Waals surface area contributed by atoms with Gasteiger partial charge in [-0.1, -0.05) is 11.2 Å². The van der Waals surface area contributed by atoms with E-state index < -0.39 is 11.7 Å². The summed E-state index contributed by atoms with van der Waals surface area (Å²) >= 11 is 0. The van der Waals surface area contributed by atoms with Gasteiger partial charge in [-0.2, -0.15) is 4.98 Å². The van der Waals surface area contributed by atoms with Crippen LogP contribution in [-0.4, -0.2) is 30.3 Å². The molecular weight excluding hydrogens is 341 g/mol. The average molecular weight is 357 g/mol. The van der Waals surface area contributed by atoms with Crippen molar-refractivity contribution in [3.8, 4) is 22.9 Å². The second-order valence-electron chi connectivity index (χ2n) is 5.31. The summed E-state index contributed by atoms with van der Waals surface area (Å²) in [5.41, 5.74) is 0.856. The first kappa shape index (κ1) is 17.4. The Morgan fingerprint density at radius 1 is 1.15 bits per heavy atom. The highest BCUT2D eigenvalue weighted by atomic mass is 19.1. The Bertz CT molecular complexity index is 904. The van der Waals surface area contributed by atoms with E-state index in [1.165, 1.54) is 18.2 Å². The third kappa shape index (κ3) is 3.97. The summed E-state index contributed by atoms with van der Waals surface area (Å²) in [5, 5.41) is 6.49. The van der Waals surface area contributed by atoms with Gasteiger partial charge in [-0.3, -0.25) is 4.79 Å². The minimum Gasteiger partial charge on any atom is -0.497 e. The Labute approximate surface area is 148 Å². The van der Waals surface area contributed by atoms with Crippen molar-refractivity contribution in [3.05, 3.63) is 59.7 Å². The van der Waals surface area contributed by atoms with Crippen LogP contribution in [0.15, 0.2) is 47.0 Å². The number of carbonyl (C=O) groups excluding carboxylic acids is 1. The van der Waals surface area contributed by atoms with Crippen LogP contribution in [0.3, 0.4) is 0 Å². The Kier molecular flexibility index (Phi) is 5.12. The monoisotopic (exact) mass is 357 g/mol. The molecule has 0 saturated heterocycles. The lowest BCUT2D eigenvalue weighted by molar-refractivity contribution is 0.0946. The second-order valence-corrected chi connectivity index (χ2v) is 5.31. The SMILES string of the molecule is COc1cc(OC)cc(-c2noc(CNC(=O)c3cccc(F)c3)n2)c1. The van der Waals surface area contributed by atoms with Gasteiger partial charge < -0.3 is 19.3 Å². The van der Waals surface area contributed by atoms with E-state index in [9.17, 15) is 9.18 Å². The van der Waals surface area contributed by atoms with Crippen molar-refractivity contribution in [2.75, 3.05) is 14.2 Å². The van der Waals surface area contributed by atoms with E-state index >= 15 is 0 Å². The molecular formula is C18H16FN3O4. The number of hydrogen-bond acceptors (Lipinski definition) is 6. The molecule has 0 bridgehead atoms. The molecule has 26 heavy (non-hydrogen) atoms. The molecule has 0 aliphatic carbocycles. The molecule has 0 fully saturated rings. The van der Waals surface area contributed by atoms with E-state index in [0.29, 0.717) is 22.9 Å². The number of amides is 1. The summed E-state index contributed by atoms with van der Waals surface area (Å²) in [4.78, 5) is 16.3. The van der Waals surface area contributed by atoms with Gasteiger partial charge in [0.1, 0.15) is 17.3 Å². The Balaban J connectivity index is 1.71. The first-order valence-electron chi connectivity index (χ1n) is 7.69. The topological polar surface area (TPSA) is 86.5 Å². The van der Waals surface area contributed by atoms with Gasteiger partial charge in [-0.15, -0.1) is 0 Å². The minimum atomic E-state index is -0.482. The molecule has 8 heteroatoms. The molecule has 134 valence electrons. The van der Waals surface area contributed by atoms with Crippen LogP contribution >= 0.6 is 0 Å². The van der Waals surface area contributed by atoms with E-state index in [4.69, 9.17) is 14.0 Å². The van der Waals surface area contributed by atoms with Gasteiger partial charge in [-0.05, 0) is 30.3 Å². The standard InChI is InChI=1S/C18H16FN3O4/c1-24-14-7-12(8-15(9-14)25-2)17-21-16(26-22-17)10-20-18(23)11-4-3-5-13(19)6-11/h3-9H,10H2,1-2H3,(H,20,23). The molecule has 0 unspecified atom stereocenters. The van der Waals surface area contributed by atoms with Crippen LogP contribution in [0.4, 0.5) is 4.39 Å². The Hall–Kier alpha value is -3.42. The molecule has 2 aromatic carbocycles. The molecule has 3 rings (SSSR count). The fourth-order valence-corrected chi connectivity index (χ4v) is 2.27. The lowest BCUT2D eigenvalue weighted by atomic mass is 10.2. The lowest BCUT2D eigenvalue weighted by Crippen LogP contribution is -2.23. The van der Waals surface area contributed by atoms with E-state index in [0.717, 1.165) is 6.07 Å². The van der Waals surface area contributed by atoms with Gasteiger partial charge >= 0.3 is 0 Å². The maximum absolute atomic E-state index is 13.2. The zero-order valence-electron chi connectivity index (χ0n) is 14.2. The maximum atomic E-state index is 13.2. The molecule has 1 heterocycles. The van der Waals surface area contributed by atoms with Crippen molar-refractivity contribution in [2.45, 2.75) is 6.54 Å². The normalized spacial score (nSPS) is 10.4. The van der Waals surface area contributed by atoms with Gasteiger partial charge in [0.25, 0.3) is 5.91 Å². The highest BCUT2D eigenvalue weighted by Gasteiger charge is 2.13. The zero-order valence-corrected chi connectivity index (χ0v) is 14.2. The first-order chi connectivity index (χ1) is 12.6. The number of methoxy groups -OCH3 is 2. The lowest BCUT2D eigenvalue weighted by Gasteiger charge is -2.05. The fraction of sp³-hybridized carbons (Fsp3) is 0.167. The molecule has 0 radical (unpaired) electrons. The number of rotatable bonds is 6. The largest absolute Gasteiger partial charge is 0.497 e. The molecule has 7 nitrogen and oxygen atoms in total. The number of aromatic nitrogens is 2. The number of carbonyl (C=O) groups is 1. The van der Waals surface area contributed by atoms with Crippen molar-refractivity contribution in [3.63, 3.8) is 0 Å². The highest BCUT2D eigenvalue weighted by molar-refractivity contribution is 5.94. The molecule has 0 spiro atoms. The molecule has 1 N–H and O–H groups in total. The van der Waals surface area contributed by atoms with Crippen molar-refractivity contribution in [2.24, 2.45) is 0 Å². The number of ether oxygens (including phenoxy) is 2. The molecule has 3 aromatic rings. The van der Waals surface area contributed by atoms with Gasteiger partial charge in [-0.25, -0.2) is 4.39 Å². The van der Waals surface area contributed by atoms with Gasteiger partial charge in [0.05, 0.1) is 20.8 Å². The Morgan fingerprint density at radius 2 is 1.88 bits per heavy atom. The van der Waals surface area contributed by atoms with E-state index in [-0.39, 0.29) is 18.0 Å². The summed E-state index contributed by atoms with van der Waals surface area (Å²) in [5.74, 6) is 0.802. The van der Waals surface area contributed by atoms with Crippen molar-refractivity contribution in [1.82, 2.24) is 15.5 Å². The number of nitrogens with one attached hydrogen (secondary N) is 1. The average Bonchev–Trinajstić information content (AvgIpc) is 3.14. The summed E-state index contributed by atoms with van der Waals surface area (Å²) in [6.07, 6.45) is 0. The van der Waals surface area contributed by atoms with Crippen molar-refractivity contribution < 1.29 is 23.2 Å². The van der Waals surface area contributed by atoms with Crippen LogP contribution in [0.2, 0.25) is 0 Å². The van der Waals surface area contributed by atoms with E-state index in [1.807, 2.05) is 0 Å². The quantitative estimate of drug-likeness (QED) is 0.730. The summed E-state index contributed by atoms with van der Waals surface area (Å²) < 4.78 is 28.7. The zero-order chi connectivity index (χ0) is 18.5. The first-order valence-corrected chi connectivity index (χ1v) is 7.69. The fourth-order valence-electron chi connectivity index (χ4n) is 2.27. The summed E-state index contributed by atoms with van der Waals surface area (Å²) in [7, 11) is 3.09. The van der Waals surface area contributed by atoms with Crippen LogP contribution in [0.1, 0.15) is 16.2 Å². The van der Waals surface area contributed by atoms with Crippen LogP contribution < -0.4 is 14.8 Å². The maximum Gasteiger partial charge on any atom is 0.251 e. The number of hydrogen-bond donors (Lipinski definition) is 1. The van der Waals surface area contributed by atoms with Crippen LogP contribution in [0.5, 0.6) is 11.5 Å². The summed E-state index contributed by atoms with van der Waals surface area (Å²) in [6, 6.07) is 10.6. The molecule has 0 saturated carbocycles. The third-order valence-corrected chi connectivity index (χ3v) is 3.56. The molecule has 1 aromatic heterocycles. The predicted octanol–water partition coefficient (Wildman–Crippen LogP) is 2.82. The Morgan fingerprint density at radius 3 is 2.54 bits per heavy atom. The van der Waals surface area contributed by atoms with Crippen LogP contribution in [0.25, 0.3) is 11.4 Å². The second kappa shape index (κ2) is 7.64. The molecule has 1 amide bonds. The number of nitrogens with zero attached hydrogens (tertiary/aromatic N) is 2. The van der Waals surface area contributed by atoms with Gasteiger partial charge in [0.15, 0.2) is 0 Å². The van der Waals surface area contributed by atoms with Crippen molar-refractivity contribution >= 4 is 5.91 Å². The van der Waals surface area contributed by atoms with Crippen molar-refractivity contribution in [1.29, 1.82) is 0 Å². The molecule has 0 atom stereocenters. The van der Waals surface area contributed by atoms with E-state index in [2.05, 4.69) is 15.5 Å². The highest BCUT2D eigenvalue weighted by Crippen LogP contribution is 2.28. The summed E-state index contributed by atoms with van der Waals surface area (Å²) in [6.45, 7) is 0.0173. The van der Waals surface area contributed by atoms with Crippen LogP contribution in [0, 0.1) is 5.82 Å². The van der Waals surface area contributed by atoms with Gasteiger partial charge in [0.2, 0.25) is 11.7 Å². The van der Waals surface area contributed by atoms with Crippen LogP contribution in [-0.2, 0) is 6.54 Å². The molecule has 0 aliphatic rings.